The number of carbonyl (C=O) groups excluding carboxylic acids is 2. The van der Waals surface area contributed by atoms with E-state index in [9.17, 15) is 14.0 Å². The van der Waals surface area contributed by atoms with Crippen molar-refractivity contribution in [3.63, 3.8) is 0 Å². The van der Waals surface area contributed by atoms with Crippen LogP contribution in [0.15, 0.2) is 83.6 Å². The molecule has 52 heavy (non-hydrogen) atoms. The van der Waals surface area contributed by atoms with Crippen LogP contribution < -0.4 is 20.9 Å². The number of pyridine rings is 2. The highest BCUT2D eigenvalue weighted by Crippen LogP contribution is 2.46. The SMILES string of the molecule is C=CC=O.CN1CCC(n2cc(-c3nc(-c4ccc5c(c4)CCNC5)c4ccsc4c3-c3ccc(F)cc3OCC3CCNC(=O)C3)ccc2=O)C1. The molecule has 0 aliphatic carbocycles. The lowest BCUT2D eigenvalue weighted by molar-refractivity contribution is -0.123. The van der Waals surface area contributed by atoms with Gasteiger partial charge in [-0.2, -0.15) is 0 Å². The number of rotatable bonds is 8. The molecule has 3 aliphatic heterocycles. The lowest BCUT2D eigenvalue weighted by atomic mass is 9.93. The second kappa shape index (κ2) is 15.7. The molecule has 8 rings (SSSR count). The van der Waals surface area contributed by atoms with Crippen LogP contribution in [0.1, 0.15) is 36.4 Å². The van der Waals surface area contributed by atoms with E-state index in [1.807, 2.05) is 16.8 Å². The largest absolute Gasteiger partial charge is 0.493 e. The summed E-state index contributed by atoms with van der Waals surface area (Å²) in [7, 11) is 2.08. The molecule has 1 amide bonds. The Hall–Kier alpha value is -4.97. The molecule has 2 unspecified atom stereocenters. The number of piperidine rings is 1. The molecule has 5 aromatic rings. The molecular formula is C41H42FN5O4S. The number of aldehydes is 1. The van der Waals surface area contributed by atoms with Gasteiger partial charge in [-0.3, -0.25) is 14.4 Å². The Labute approximate surface area is 306 Å². The summed E-state index contributed by atoms with van der Waals surface area (Å²) < 4.78 is 24.1. The fourth-order valence-corrected chi connectivity index (χ4v) is 8.38. The Bertz CT molecular complexity index is 2190. The first-order valence-electron chi connectivity index (χ1n) is 17.7. The van der Waals surface area contributed by atoms with Crippen molar-refractivity contribution in [2.24, 2.45) is 5.92 Å². The second-order valence-corrected chi connectivity index (χ2v) is 14.6. The lowest BCUT2D eigenvalue weighted by Gasteiger charge is -2.23. The van der Waals surface area contributed by atoms with Crippen LogP contribution in [-0.2, 0) is 22.6 Å². The van der Waals surface area contributed by atoms with E-state index in [1.54, 1.807) is 23.5 Å². The molecule has 9 nitrogen and oxygen atoms in total. The van der Waals surface area contributed by atoms with Crippen molar-refractivity contribution in [1.29, 1.82) is 0 Å². The van der Waals surface area contributed by atoms with Gasteiger partial charge in [-0.25, -0.2) is 9.37 Å². The Kier molecular flexibility index (Phi) is 10.7. The average molecular weight is 720 g/mol. The fourth-order valence-electron chi connectivity index (χ4n) is 7.42. The number of hydrogen-bond acceptors (Lipinski definition) is 8. The molecule has 6 heterocycles. The highest BCUT2D eigenvalue weighted by Gasteiger charge is 2.27. The van der Waals surface area contributed by atoms with Gasteiger partial charge in [-0.15, -0.1) is 11.3 Å². The number of likely N-dealkylation sites (N-methyl/N-ethyl adjacent to an activating group) is 1. The number of nitrogens with zero attached hydrogens (tertiary/aromatic N) is 3. The minimum absolute atomic E-state index is 0.0127. The monoisotopic (exact) mass is 719 g/mol. The van der Waals surface area contributed by atoms with Gasteiger partial charge < -0.3 is 24.8 Å². The van der Waals surface area contributed by atoms with Gasteiger partial charge in [-0.1, -0.05) is 18.7 Å². The molecule has 0 bridgehead atoms. The van der Waals surface area contributed by atoms with Crippen molar-refractivity contribution in [2.45, 2.75) is 38.3 Å². The number of halogens is 1. The number of nitrogens with one attached hydrogen (secondary N) is 2. The zero-order valence-electron chi connectivity index (χ0n) is 29.2. The molecule has 0 radical (unpaired) electrons. The fraction of sp³-hybridized carbons (Fsp3) is 0.317. The number of aromatic nitrogens is 2. The molecule has 3 aliphatic rings. The number of thiophene rings is 1. The van der Waals surface area contributed by atoms with E-state index in [0.717, 1.165) is 83.5 Å². The standard InChI is InChI=1S/C38H38FN5O3S.C3H4O/c1-43-14-10-29(21-43)44-20-27(4-7-34(44)46)37-35(30-6-5-28(39)18-32(30)47-22-23-8-13-41-33(45)16-23)38-31(11-15-48-38)36(42-37)25-2-3-26-19-40-12-9-24(26)17-25;1-2-3-4/h2-7,11,15,17-18,20,23,29,40H,8-10,12-14,16,19,21-22H2,1H3,(H,41,45);2-3H,1H2. The minimum Gasteiger partial charge on any atom is -0.493 e. The Morgan fingerprint density at radius 2 is 1.88 bits per heavy atom. The topological polar surface area (TPSA) is 106 Å². The molecule has 2 saturated heterocycles. The Morgan fingerprint density at radius 1 is 1.04 bits per heavy atom. The second-order valence-electron chi connectivity index (χ2n) is 13.7. The molecular weight excluding hydrogens is 678 g/mol. The van der Waals surface area contributed by atoms with Crippen molar-refractivity contribution in [2.75, 3.05) is 39.8 Å². The summed E-state index contributed by atoms with van der Waals surface area (Å²) >= 11 is 1.62. The maximum Gasteiger partial charge on any atom is 0.250 e. The molecule has 3 aromatic heterocycles. The van der Waals surface area contributed by atoms with Crippen LogP contribution >= 0.6 is 11.3 Å². The van der Waals surface area contributed by atoms with Gasteiger partial charge in [-0.05, 0) is 92.3 Å². The van der Waals surface area contributed by atoms with Crippen LogP contribution in [0, 0.1) is 11.7 Å². The number of fused-ring (bicyclic) bond motifs is 2. The van der Waals surface area contributed by atoms with E-state index in [1.165, 1.54) is 29.3 Å². The van der Waals surface area contributed by atoms with Crippen LogP contribution in [0.2, 0.25) is 0 Å². The van der Waals surface area contributed by atoms with Crippen molar-refractivity contribution in [3.8, 4) is 39.4 Å². The van der Waals surface area contributed by atoms with Gasteiger partial charge in [0, 0.05) is 82.6 Å². The number of allylic oxidation sites excluding steroid dienone is 1. The van der Waals surface area contributed by atoms with E-state index < -0.39 is 5.82 Å². The summed E-state index contributed by atoms with van der Waals surface area (Å²) in [5.41, 5.74) is 7.62. The van der Waals surface area contributed by atoms with E-state index in [0.29, 0.717) is 37.3 Å². The predicted molar refractivity (Wildman–Crippen MR) is 204 cm³/mol. The summed E-state index contributed by atoms with van der Waals surface area (Å²) in [4.78, 5) is 42.0. The minimum atomic E-state index is -0.397. The quantitative estimate of drug-likeness (QED) is 0.141. The third-order valence-electron chi connectivity index (χ3n) is 10.1. The van der Waals surface area contributed by atoms with Crippen LogP contribution in [0.5, 0.6) is 5.75 Å². The van der Waals surface area contributed by atoms with Gasteiger partial charge in [0.2, 0.25) is 5.91 Å². The number of likely N-dealkylation sites (tertiary alicyclic amines) is 1. The van der Waals surface area contributed by atoms with Gasteiger partial charge in [0.1, 0.15) is 17.9 Å². The molecule has 268 valence electrons. The molecule has 0 saturated carbocycles. The van der Waals surface area contributed by atoms with Crippen LogP contribution in [0.3, 0.4) is 0 Å². The summed E-state index contributed by atoms with van der Waals surface area (Å²) in [5.74, 6) is 0.0762. The first-order chi connectivity index (χ1) is 25.3. The van der Waals surface area contributed by atoms with Crippen molar-refractivity contribution in [3.05, 3.63) is 106 Å². The molecule has 2 N–H and O–H groups in total. The summed E-state index contributed by atoms with van der Waals surface area (Å²) in [6, 6.07) is 16.9. The van der Waals surface area contributed by atoms with E-state index in [2.05, 4.69) is 58.8 Å². The number of benzene rings is 2. The summed E-state index contributed by atoms with van der Waals surface area (Å²) in [5, 5.41) is 9.42. The lowest BCUT2D eigenvalue weighted by Crippen LogP contribution is -2.35. The van der Waals surface area contributed by atoms with Crippen LogP contribution in [0.4, 0.5) is 4.39 Å². The zero-order valence-corrected chi connectivity index (χ0v) is 30.0. The van der Waals surface area contributed by atoms with Crippen molar-refractivity contribution < 1.29 is 18.7 Å². The average Bonchev–Trinajstić information content (AvgIpc) is 3.83. The number of carbonyl (C=O) groups is 2. The number of hydrogen-bond donors (Lipinski definition) is 2. The van der Waals surface area contributed by atoms with E-state index in [4.69, 9.17) is 14.5 Å². The zero-order chi connectivity index (χ0) is 36.2. The highest BCUT2D eigenvalue weighted by atomic mass is 32.1. The van der Waals surface area contributed by atoms with Crippen LogP contribution in [0.25, 0.3) is 43.7 Å². The van der Waals surface area contributed by atoms with Gasteiger partial charge in [0.25, 0.3) is 5.56 Å². The number of amides is 1. The molecule has 2 atom stereocenters. The third-order valence-corrected chi connectivity index (χ3v) is 11.0. The molecule has 11 heteroatoms. The Morgan fingerprint density at radius 3 is 2.67 bits per heavy atom. The van der Waals surface area contributed by atoms with Crippen molar-refractivity contribution >= 4 is 33.6 Å². The van der Waals surface area contributed by atoms with E-state index >= 15 is 0 Å². The highest BCUT2D eigenvalue weighted by molar-refractivity contribution is 7.18. The van der Waals surface area contributed by atoms with Crippen LogP contribution in [-0.4, -0.2) is 66.5 Å². The first-order valence-corrected chi connectivity index (χ1v) is 18.6. The smallest absolute Gasteiger partial charge is 0.250 e. The Balaban J connectivity index is 0.00000100. The van der Waals surface area contributed by atoms with Crippen molar-refractivity contribution in [1.82, 2.24) is 25.1 Å². The van der Waals surface area contributed by atoms with Gasteiger partial charge in [0.15, 0.2) is 0 Å². The molecule has 0 spiro atoms. The predicted octanol–water partition coefficient (Wildman–Crippen LogP) is 6.40. The number of ether oxygens (including phenoxy) is 1. The summed E-state index contributed by atoms with van der Waals surface area (Å²) in [6.07, 6.45) is 6.83. The molecule has 2 fully saturated rings. The van der Waals surface area contributed by atoms with Gasteiger partial charge >= 0.3 is 0 Å². The molecule has 2 aromatic carbocycles. The maximum atomic E-state index is 14.9. The third kappa shape index (κ3) is 7.48. The van der Waals surface area contributed by atoms with E-state index in [-0.39, 0.29) is 23.4 Å². The van der Waals surface area contributed by atoms with Gasteiger partial charge in [0.05, 0.1) is 24.0 Å². The summed E-state index contributed by atoms with van der Waals surface area (Å²) in [6.45, 7) is 7.57. The maximum absolute atomic E-state index is 14.9. The normalized spacial score (nSPS) is 18.6. The first kappa shape index (κ1) is 35.4.